The van der Waals surface area contributed by atoms with Crippen LogP contribution in [0.5, 0.6) is 0 Å². The van der Waals surface area contributed by atoms with Gasteiger partial charge in [-0.2, -0.15) is 0 Å². The van der Waals surface area contributed by atoms with Gasteiger partial charge in [-0.15, -0.1) is 0 Å². The van der Waals surface area contributed by atoms with Crippen LogP contribution in [0.1, 0.15) is 5.56 Å². The fourth-order valence-corrected chi connectivity index (χ4v) is 1.48. The molecule has 0 atom stereocenters. The Morgan fingerprint density at radius 3 is 3.12 bits per heavy atom. The number of pyridine rings is 1. The Morgan fingerprint density at radius 1 is 1.44 bits per heavy atom. The molecule has 0 aliphatic rings. The third-order valence-electron chi connectivity index (χ3n) is 2.32. The van der Waals surface area contributed by atoms with Crippen molar-refractivity contribution in [2.45, 2.75) is 6.54 Å². The van der Waals surface area contributed by atoms with E-state index < -0.39 is 0 Å². The largest absolute Gasteiger partial charge is 0.348 e. The van der Waals surface area contributed by atoms with E-state index in [4.69, 9.17) is 0 Å². The van der Waals surface area contributed by atoms with E-state index in [1.807, 2.05) is 30.3 Å². The molecule has 80 valence electrons. The molecule has 0 saturated heterocycles. The zero-order valence-corrected chi connectivity index (χ0v) is 8.81. The predicted molar refractivity (Wildman–Crippen MR) is 63.8 cm³/mol. The molecular weight excluding hydrogens is 200 g/mol. The summed E-state index contributed by atoms with van der Waals surface area (Å²) in [5, 5.41) is 3.83. The van der Waals surface area contributed by atoms with E-state index in [9.17, 15) is 4.79 Å². The van der Waals surface area contributed by atoms with Crippen LogP contribution in [0.15, 0.2) is 49.2 Å². The van der Waals surface area contributed by atoms with Crippen molar-refractivity contribution in [3.8, 4) is 0 Å². The van der Waals surface area contributed by atoms with Gasteiger partial charge in [-0.05, 0) is 23.8 Å². The fraction of sp³-hybridized carbons (Fsp3) is 0.0769. The van der Waals surface area contributed by atoms with Crippen molar-refractivity contribution in [3.05, 3.63) is 54.7 Å². The van der Waals surface area contributed by atoms with E-state index in [2.05, 4.69) is 16.9 Å². The molecule has 0 aliphatic heterocycles. The lowest BCUT2D eigenvalue weighted by Crippen LogP contribution is -2.19. The summed E-state index contributed by atoms with van der Waals surface area (Å²) in [7, 11) is 0. The number of hydrogen-bond acceptors (Lipinski definition) is 2. The molecule has 16 heavy (non-hydrogen) atoms. The summed E-state index contributed by atoms with van der Waals surface area (Å²) in [6.45, 7) is 3.90. The number of fused-ring (bicyclic) bond motifs is 1. The van der Waals surface area contributed by atoms with Gasteiger partial charge in [-0.3, -0.25) is 9.78 Å². The molecule has 3 heteroatoms. The molecule has 2 aromatic rings. The van der Waals surface area contributed by atoms with Crippen LogP contribution in [0.25, 0.3) is 10.9 Å². The second-order valence-electron chi connectivity index (χ2n) is 3.45. The van der Waals surface area contributed by atoms with Gasteiger partial charge in [-0.25, -0.2) is 0 Å². The first-order chi connectivity index (χ1) is 7.79. The van der Waals surface area contributed by atoms with E-state index in [0.717, 1.165) is 16.5 Å². The molecule has 0 fully saturated rings. The number of aromatic nitrogens is 1. The SMILES string of the molecule is C=CC(=O)NCc1ccc2cccnc2c1. The van der Waals surface area contributed by atoms with E-state index in [1.54, 1.807) is 6.20 Å². The standard InChI is InChI=1S/C13H12N2O/c1-2-13(16)15-9-10-5-6-11-4-3-7-14-12(11)8-10/h2-8H,1,9H2,(H,15,16). The number of carbonyl (C=O) groups is 1. The molecule has 0 bridgehead atoms. The summed E-state index contributed by atoms with van der Waals surface area (Å²) >= 11 is 0. The lowest BCUT2D eigenvalue weighted by atomic mass is 10.1. The third kappa shape index (κ3) is 2.25. The van der Waals surface area contributed by atoms with E-state index >= 15 is 0 Å². The summed E-state index contributed by atoms with van der Waals surface area (Å²) in [6, 6.07) is 9.86. The Balaban J connectivity index is 2.19. The lowest BCUT2D eigenvalue weighted by Gasteiger charge is -2.03. The molecule has 0 aliphatic carbocycles. The summed E-state index contributed by atoms with van der Waals surface area (Å²) in [4.78, 5) is 15.3. The number of amides is 1. The second-order valence-corrected chi connectivity index (χ2v) is 3.45. The summed E-state index contributed by atoms with van der Waals surface area (Å²) in [5.41, 5.74) is 1.97. The minimum atomic E-state index is -0.166. The van der Waals surface area contributed by atoms with Crippen molar-refractivity contribution in [3.63, 3.8) is 0 Å². The Hall–Kier alpha value is -2.16. The van der Waals surface area contributed by atoms with Crippen molar-refractivity contribution in [2.75, 3.05) is 0 Å². The highest BCUT2D eigenvalue weighted by atomic mass is 16.1. The molecule has 0 unspecified atom stereocenters. The van der Waals surface area contributed by atoms with Crippen LogP contribution in [0, 0.1) is 0 Å². The average molecular weight is 212 g/mol. The maximum absolute atomic E-state index is 11.0. The highest BCUT2D eigenvalue weighted by Crippen LogP contribution is 2.12. The van der Waals surface area contributed by atoms with Gasteiger partial charge < -0.3 is 5.32 Å². The first kappa shape index (κ1) is 10.4. The van der Waals surface area contributed by atoms with E-state index in [1.165, 1.54) is 6.08 Å². The summed E-state index contributed by atoms with van der Waals surface area (Å²) in [5.74, 6) is -0.166. The van der Waals surface area contributed by atoms with Gasteiger partial charge >= 0.3 is 0 Å². The maximum Gasteiger partial charge on any atom is 0.243 e. The molecule has 1 heterocycles. The summed E-state index contributed by atoms with van der Waals surface area (Å²) in [6.07, 6.45) is 3.02. The number of benzene rings is 1. The summed E-state index contributed by atoms with van der Waals surface area (Å²) < 4.78 is 0. The first-order valence-corrected chi connectivity index (χ1v) is 5.03. The number of nitrogens with zero attached hydrogens (tertiary/aromatic N) is 1. The molecule has 3 nitrogen and oxygen atoms in total. The number of carbonyl (C=O) groups excluding carboxylic acids is 1. The maximum atomic E-state index is 11.0. The highest BCUT2D eigenvalue weighted by Gasteiger charge is 1.98. The molecule has 2 rings (SSSR count). The Morgan fingerprint density at radius 2 is 2.31 bits per heavy atom. The van der Waals surface area contributed by atoms with Gasteiger partial charge in [-0.1, -0.05) is 24.8 Å². The Labute approximate surface area is 93.8 Å². The molecular formula is C13H12N2O. The van der Waals surface area contributed by atoms with Crippen LogP contribution in [-0.4, -0.2) is 10.9 Å². The normalized spacial score (nSPS) is 10.0. The van der Waals surface area contributed by atoms with Crippen LogP contribution < -0.4 is 5.32 Å². The van der Waals surface area contributed by atoms with Crippen LogP contribution in [-0.2, 0) is 11.3 Å². The topological polar surface area (TPSA) is 42.0 Å². The molecule has 0 radical (unpaired) electrons. The van der Waals surface area contributed by atoms with Crippen LogP contribution >= 0.6 is 0 Å². The molecule has 1 aromatic carbocycles. The van der Waals surface area contributed by atoms with Crippen LogP contribution in [0.3, 0.4) is 0 Å². The average Bonchev–Trinajstić information content (AvgIpc) is 2.35. The lowest BCUT2D eigenvalue weighted by molar-refractivity contribution is -0.116. The van der Waals surface area contributed by atoms with Crippen molar-refractivity contribution in [2.24, 2.45) is 0 Å². The highest BCUT2D eigenvalue weighted by molar-refractivity contribution is 5.87. The number of nitrogens with one attached hydrogen (secondary N) is 1. The molecule has 0 saturated carbocycles. The zero-order chi connectivity index (χ0) is 11.4. The van der Waals surface area contributed by atoms with Gasteiger partial charge in [0.2, 0.25) is 5.91 Å². The van der Waals surface area contributed by atoms with Gasteiger partial charge in [0.1, 0.15) is 0 Å². The molecule has 1 amide bonds. The van der Waals surface area contributed by atoms with Crippen molar-refractivity contribution in [1.82, 2.24) is 10.3 Å². The first-order valence-electron chi connectivity index (χ1n) is 5.03. The minimum Gasteiger partial charge on any atom is -0.348 e. The monoisotopic (exact) mass is 212 g/mol. The molecule has 1 N–H and O–H groups in total. The van der Waals surface area contributed by atoms with Crippen molar-refractivity contribution in [1.29, 1.82) is 0 Å². The van der Waals surface area contributed by atoms with Gasteiger partial charge in [0.25, 0.3) is 0 Å². The Bertz CT molecular complexity index is 534. The molecule has 0 spiro atoms. The van der Waals surface area contributed by atoms with Gasteiger partial charge in [0.15, 0.2) is 0 Å². The quantitative estimate of drug-likeness (QED) is 0.791. The van der Waals surface area contributed by atoms with Gasteiger partial charge in [0, 0.05) is 18.1 Å². The van der Waals surface area contributed by atoms with E-state index in [-0.39, 0.29) is 5.91 Å². The Kier molecular flexibility index (Phi) is 2.96. The number of hydrogen-bond donors (Lipinski definition) is 1. The minimum absolute atomic E-state index is 0.166. The predicted octanol–water partition coefficient (Wildman–Crippen LogP) is 2.04. The zero-order valence-electron chi connectivity index (χ0n) is 8.81. The third-order valence-corrected chi connectivity index (χ3v) is 2.32. The van der Waals surface area contributed by atoms with Crippen molar-refractivity contribution < 1.29 is 4.79 Å². The smallest absolute Gasteiger partial charge is 0.243 e. The van der Waals surface area contributed by atoms with Crippen LogP contribution in [0.2, 0.25) is 0 Å². The van der Waals surface area contributed by atoms with Gasteiger partial charge in [0.05, 0.1) is 5.52 Å². The number of rotatable bonds is 3. The van der Waals surface area contributed by atoms with Crippen LogP contribution in [0.4, 0.5) is 0 Å². The fourth-order valence-electron chi connectivity index (χ4n) is 1.48. The van der Waals surface area contributed by atoms with Crippen molar-refractivity contribution >= 4 is 16.8 Å². The van der Waals surface area contributed by atoms with E-state index in [0.29, 0.717) is 6.54 Å². The molecule has 1 aromatic heterocycles. The second kappa shape index (κ2) is 4.57.